The molecular formula is C16H18BrFN2O. The topological polar surface area (TPSA) is 52.9 Å². The first-order chi connectivity index (χ1) is 10.1. The van der Waals surface area contributed by atoms with Gasteiger partial charge in [0.2, 0.25) is 0 Å². The average Bonchev–Trinajstić information content (AvgIpc) is 2.45. The quantitative estimate of drug-likeness (QED) is 0.861. The van der Waals surface area contributed by atoms with Crippen LogP contribution in [-0.2, 0) is 0 Å². The zero-order valence-electron chi connectivity index (χ0n) is 11.8. The van der Waals surface area contributed by atoms with Gasteiger partial charge >= 0.3 is 0 Å². The number of hydrogen-bond donors (Lipinski definition) is 1. The molecule has 1 aromatic rings. The van der Waals surface area contributed by atoms with Gasteiger partial charge in [0.25, 0.3) is 5.91 Å². The van der Waals surface area contributed by atoms with Crippen molar-refractivity contribution in [2.24, 2.45) is 0 Å². The summed E-state index contributed by atoms with van der Waals surface area (Å²) < 4.78 is 13.7. The molecule has 0 radical (unpaired) electrons. The highest BCUT2D eigenvalue weighted by Crippen LogP contribution is 2.27. The van der Waals surface area contributed by atoms with Crippen LogP contribution in [0.4, 0.5) is 4.39 Å². The van der Waals surface area contributed by atoms with Gasteiger partial charge in [-0.2, -0.15) is 5.26 Å². The van der Waals surface area contributed by atoms with Crippen LogP contribution in [0.2, 0.25) is 0 Å². The molecule has 1 saturated carbocycles. The van der Waals surface area contributed by atoms with Crippen molar-refractivity contribution >= 4 is 21.8 Å². The first-order valence-corrected chi connectivity index (χ1v) is 8.05. The van der Waals surface area contributed by atoms with E-state index in [1.165, 1.54) is 18.6 Å². The van der Waals surface area contributed by atoms with Gasteiger partial charge < -0.3 is 5.32 Å². The molecule has 1 fully saturated rings. The Bertz CT molecular complexity index is 560. The molecule has 1 aromatic carbocycles. The highest BCUT2D eigenvalue weighted by molar-refractivity contribution is 9.10. The van der Waals surface area contributed by atoms with E-state index in [1.54, 1.807) is 6.07 Å². The summed E-state index contributed by atoms with van der Waals surface area (Å²) in [4.78, 5) is 12.4. The Kier molecular flexibility index (Phi) is 5.35. The summed E-state index contributed by atoms with van der Waals surface area (Å²) in [6, 6.07) is 6.61. The molecular weight excluding hydrogens is 335 g/mol. The lowest BCUT2D eigenvalue weighted by molar-refractivity contribution is 0.0906. The molecule has 5 heteroatoms. The highest BCUT2D eigenvalue weighted by atomic mass is 79.9. The summed E-state index contributed by atoms with van der Waals surface area (Å²) in [5, 5.41) is 12.4. The van der Waals surface area contributed by atoms with E-state index in [-0.39, 0.29) is 10.0 Å². The lowest BCUT2D eigenvalue weighted by Crippen LogP contribution is -2.47. The van der Waals surface area contributed by atoms with Crippen molar-refractivity contribution in [3.63, 3.8) is 0 Å². The number of benzene rings is 1. The predicted molar refractivity (Wildman–Crippen MR) is 82.2 cm³/mol. The zero-order chi connectivity index (χ0) is 15.3. The van der Waals surface area contributed by atoms with Crippen molar-refractivity contribution in [1.82, 2.24) is 5.32 Å². The minimum atomic E-state index is -0.830. The van der Waals surface area contributed by atoms with Crippen LogP contribution < -0.4 is 5.32 Å². The van der Waals surface area contributed by atoms with Crippen LogP contribution in [0.1, 0.15) is 55.3 Å². The number of carbonyl (C=O) groups excluding carboxylic acids is 1. The second-order valence-corrected chi connectivity index (χ2v) is 6.31. The number of hydrogen-bond acceptors (Lipinski definition) is 2. The Morgan fingerprint density at radius 3 is 2.48 bits per heavy atom. The van der Waals surface area contributed by atoms with Gasteiger partial charge in [-0.15, -0.1) is 0 Å². The maximum absolute atomic E-state index is 13.5. The molecule has 3 nitrogen and oxygen atoms in total. The third kappa shape index (κ3) is 3.82. The Balaban J connectivity index is 2.19. The Hall–Kier alpha value is -1.41. The average molecular weight is 353 g/mol. The Morgan fingerprint density at radius 1 is 1.24 bits per heavy atom. The highest BCUT2D eigenvalue weighted by Gasteiger charge is 2.32. The van der Waals surface area contributed by atoms with Gasteiger partial charge in [0.15, 0.2) is 0 Å². The normalized spacial score (nSPS) is 18.1. The van der Waals surface area contributed by atoms with Gasteiger partial charge in [-0.3, -0.25) is 4.79 Å². The molecule has 1 aliphatic rings. The molecule has 0 unspecified atom stereocenters. The molecule has 0 spiro atoms. The van der Waals surface area contributed by atoms with Crippen LogP contribution >= 0.6 is 15.9 Å². The molecule has 0 heterocycles. The second kappa shape index (κ2) is 7.04. The van der Waals surface area contributed by atoms with Crippen molar-refractivity contribution < 1.29 is 9.18 Å². The van der Waals surface area contributed by atoms with Gasteiger partial charge in [0.1, 0.15) is 11.4 Å². The van der Waals surface area contributed by atoms with Gasteiger partial charge in [-0.05, 0) is 40.9 Å². The van der Waals surface area contributed by atoms with E-state index >= 15 is 0 Å². The molecule has 112 valence electrons. The summed E-state index contributed by atoms with van der Waals surface area (Å²) >= 11 is 3.09. The van der Waals surface area contributed by atoms with E-state index < -0.39 is 17.3 Å². The lowest BCUT2D eigenvalue weighted by atomic mass is 9.85. The SMILES string of the molecule is N#CC1(NC(=O)c2cccc(F)c2Br)CCCCCCC1. The smallest absolute Gasteiger partial charge is 0.253 e. The van der Waals surface area contributed by atoms with E-state index in [4.69, 9.17) is 0 Å². The van der Waals surface area contributed by atoms with Crippen LogP contribution in [0.5, 0.6) is 0 Å². The van der Waals surface area contributed by atoms with E-state index in [0.29, 0.717) is 12.8 Å². The summed E-state index contributed by atoms with van der Waals surface area (Å²) in [6.45, 7) is 0. The monoisotopic (exact) mass is 352 g/mol. The Morgan fingerprint density at radius 2 is 1.86 bits per heavy atom. The number of rotatable bonds is 2. The predicted octanol–water partition coefficient (Wildman–Crippen LogP) is 4.32. The van der Waals surface area contributed by atoms with Crippen LogP contribution in [-0.4, -0.2) is 11.4 Å². The van der Waals surface area contributed by atoms with Crippen molar-refractivity contribution in [3.05, 3.63) is 34.1 Å². The first kappa shape index (κ1) is 16.0. The van der Waals surface area contributed by atoms with Crippen molar-refractivity contribution in [1.29, 1.82) is 5.26 Å². The molecule has 0 atom stereocenters. The number of carbonyl (C=O) groups is 1. The van der Waals surface area contributed by atoms with Crippen LogP contribution in [0.15, 0.2) is 22.7 Å². The minimum Gasteiger partial charge on any atom is -0.334 e. The molecule has 0 bridgehead atoms. The van der Waals surface area contributed by atoms with Crippen LogP contribution in [0.3, 0.4) is 0 Å². The van der Waals surface area contributed by atoms with Gasteiger partial charge in [0.05, 0.1) is 16.1 Å². The molecule has 0 aliphatic heterocycles. The van der Waals surface area contributed by atoms with Gasteiger partial charge in [0, 0.05) is 0 Å². The number of amides is 1. The number of nitrogens with one attached hydrogen (secondary N) is 1. The summed E-state index contributed by atoms with van der Waals surface area (Å²) in [7, 11) is 0. The summed E-state index contributed by atoms with van der Waals surface area (Å²) in [6.07, 6.45) is 6.53. The fraction of sp³-hybridized carbons (Fsp3) is 0.500. The fourth-order valence-corrected chi connectivity index (χ4v) is 3.18. The van der Waals surface area contributed by atoms with Crippen LogP contribution in [0, 0.1) is 17.1 Å². The summed E-state index contributed by atoms with van der Waals surface area (Å²) in [5.74, 6) is -0.880. The van der Waals surface area contributed by atoms with E-state index in [9.17, 15) is 14.4 Å². The molecule has 1 amide bonds. The van der Waals surface area contributed by atoms with E-state index in [1.807, 2.05) is 0 Å². The molecule has 0 aromatic heterocycles. The molecule has 0 saturated heterocycles. The third-order valence-electron chi connectivity index (χ3n) is 3.97. The maximum Gasteiger partial charge on any atom is 0.253 e. The first-order valence-electron chi connectivity index (χ1n) is 7.26. The zero-order valence-corrected chi connectivity index (χ0v) is 13.4. The second-order valence-electron chi connectivity index (χ2n) is 5.52. The van der Waals surface area contributed by atoms with Crippen molar-refractivity contribution in [2.45, 2.75) is 50.5 Å². The molecule has 2 rings (SSSR count). The Labute approximate surface area is 132 Å². The van der Waals surface area contributed by atoms with Crippen molar-refractivity contribution in [3.8, 4) is 6.07 Å². The molecule has 21 heavy (non-hydrogen) atoms. The number of nitrogens with zero attached hydrogens (tertiary/aromatic N) is 1. The molecule has 1 N–H and O–H groups in total. The van der Waals surface area contributed by atoms with Gasteiger partial charge in [-0.1, -0.05) is 38.2 Å². The molecule has 1 aliphatic carbocycles. The minimum absolute atomic E-state index is 0.140. The largest absolute Gasteiger partial charge is 0.334 e. The number of halogens is 2. The van der Waals surface area contributed by atoms with Gasteiger partial charge in [-0.25, -0.2) is 4.39 Å². The van der Waals surface area contributed by atoms with E-state index in [0.717, 1.165) is 25.7 Å². The maximum atomic E-state index is 13.5. The van der Waals surface area contributed by atoms with E-state index in [2.05, 4.69) is 27.3 Å². The third-order valence-corrected chi connectivity index (χ3v) is 4.78. The standard InChI is InChI=1S/C16H18BrFN2O/c17-14-12(7-6-8-13(14)18)15(21)20-16(11-19)9-4-2-1-3-5-10-16/h6-8H,1-5,9-10H2,(H,20,21). The van der Waals surface area contributed by atoms with Crippen LogP contribution in [0.25, 0.3) is 0 Å². The number of nitriles is 1. The van der Waals surface area contributed by atoms with Crippen molar-refractivity contribution in [2.75, 3.05) is 0 Å². The lowest BCUT2D eigenvalue weighted by Gasteiger charge is -2.29. The fourth-order valence-electron chi connectivity index (χ4n) is 2.74. The summed E-state index contributed by atoms with van der Waals surface area (Å²) in [5.41, 5.74) is -0.602.